The van der Waals surface area contributed by atoms with Gasteiger partial charge in [-0.2, -0.15) is 0 Å². The Balaban J connectivity index is 0.000000156. The highest BCUT2D eigenvalue weighted by Crippen LogP contribution is 2.22. The molecule has 6 rings (SSSR count). The topological polar surface area (TPSA) is 159 Å². The Morgan fingerprint density at radius 2 is 1.20 bits per heavy atom. The SMILES string of the molecule is O=[N+]([O-])c1ccc(-n2ccnc2-c2ccncc2)cc1.O=[N+]([O-])c1ccc(F)cc1.c1cc(-c2ncc[nH]2)ccn1. The van der Waals surface area contributed by atoms with Crippen LogP contribution in [0.4, 0.5) is 15.8 Å². The van der Waals surface area contributed by atoms with Crippen molar-refractivity contribution in [2.75, 3.05) is 0 Å². The molecule has 0 spiro atoms. The standard InChI is InChI=1S/C14H10N4O2.C8H7N3.C6H4FNO2/c19-18(20)13-3-1-12(2-4-13)17-10-9-16-14(17)11-5-7-15-8-6-11;1-3-9-4-2-7(1)8-10-5-6-11-8;7-5-1-3-6(4-2-5)8(9)10/h1-10H;1-6H,(H,10,11);1-4H. The van der Waals surface area contributed by atoms with Crippen LogP contribution in [0.5, 0.6) is 0 Å². The lowest BCUT2D eigenvalue weighted by atomic mass is 10.2. The average molecular weight is 553 g/mol. The van der Waals surface area contributed by atoms with E-state index in [9.17, 15) is 24.6 Å². The molecule has 0 saturated carbocycles. The summed E-state index contributed by atoms with van der Waals surface area (Å²) in [7, 11) is 0. The molecule has 41 heavy (non-hydrogen) atoms. The number of rotatable bonds is 5. The molecule has 204 valence electrons. The maximum Gasteiger partial charge on any atom is 0.269 e. The molecule has 1 N–H and O–H groups in total. The van der Waals surface area contributed by atoms with Crippen LogP contribution < -0.4 is 0 Å². The third kappa shape index (κ3) is 7.70. The van der Waals surface area contributed by atoms with Crippen molar-refractivity contribution in [3.63, 3.8) is 0 Å². The molecule has 0 amide bonds. The van der Waals surface area contributed by atoms with Crippen LogP contribution in [0.1, 0.15) is 0 Å². The maximum atomic E-state index is 12.1. The molecular formula is C28H21FN8O4. The van der Waals surface area contributed by atoms with E-state index in [4.69, 9.17) is 0 Å². The third-order valence-electron chi connectivity index (χ3n) is 5.41. The fourth-order valence-corrected chi connectivity index (χ4v) is 3.46. The van der Waals surface area contributed by atoms with Crippen molar-refractivity contribution < 1.29 is 14.2 Å². The molecular weight excluding hydrogens is 531 g/mol. The monoisotopic (exact) mass is 552 g/mol. The summed E-state index contributed by atoms with van der Waals surface area (Å²) in [5, 5.41) is 20.7. The molecule has 0 radical (unpaired) electrons. The molecule has 0 atom stereocenters. The normalized spacial score (nSPS) is 9.98. The van der Waals surface area contributed by atoms with Gasteiger partial charge in [-0.15, -0.1) is 0 Å². The Hall–Kier alpha value is -6.11. The smallest absolute Gasteiger partial charge is 0.269 e. The van der Waals surface area contributed by atoms with E-state index < -0.39 is 15.7 Å². The summed E-state index contributed by atoms with van der Waals surface area (Å²) in [6.45, 7) is 0. The Bertz CT molecular complexity index is 1680. The van der Waals surface area contributed by atoms with E-state index in [1.807, 2.05) is 35.0 Å². The summed E-state index contributed by atoms with van der Waals surface area (Å²) in [6, 6.07) is 18.3. The number of hydrogen-bond acceptors (Lipinski definition) is 8. The van der Waals surface area contributed by atoms with Gasteiger partial charge < -0.3 is 4.98 Å². The van der Waals surface area contributed by atoms with Crippen LogP contribution in [0.15, 0.2) is 122 Å². The molecule has 0 saturated heterocycles. The summed E-state index contributed by atoms with van der Waals surface area (Å²) >= 11 is 0. The molecule has 0 aliphatic heterocycles. The number of nitro groups is 2. The van der Waals surface area contributed by atoms with E-state index in [2.05, 4.69) is 24.9 Å². The molecule has 4 heterocycles. The van der Waals surface area contributed by atoms with Gasteiger partial charge in [0.25, 0.3) is 11.4 Å². The number of nitrogens with zero attached hydrogens (tertiary/aromatic N) is 7. The molecule has 0 aliphatic rings. The van der Waals surface area contributed by atoms with Crippen molar-refractivity contribution in [2.24, 2.45) is 0 Å². The summed E-state index contributed by atoms with van der Waals surface area (Å²) in [4.78, 5) is 39.0. The van der Waals surface area contributed by atoms with Crippen LogP contribution in [0, 0.1) is 26.0 Å². The molecule has 4 aromatic heterocycles. The number of benzene rings is 2. The van der Waals surface area contributed by atoms with Gasteiger partial charge >= 0.3 is 0 Å². The Morgan fingerprint density at radius 3 is 1.71 bits per heavy atom. The molecule has 0 fully saturated rings. The average Bonchev–Trinajstić information content (AvgIpc) is 3.73. The summed E-state index contributed by atoms with van der Waals surface area (Å²) in [5.74, 6) is 1.18. The number of non-ortho nitro benzene ring substituents is 2. The number of H-pyrrole nitrogens is 1. The first-order valence-electron chi connectivity index (χ1n) is 11.9. The van der Waals surface area contributed by atoms with Gasteiger partial charge in [0.15, 0.2) is 0 Å². The van der Waals surface area contributed by atoms with Gasteiger partial charge in [-0.25, -0.2) is 14.4 Å². The van der Waals surface area contributed by atoms with Crippen molar-refractivity contribution in [3.8, 4) is 28.5 Å². The zero-order chi connectivity index (χ0) is 29.0. The lowest BCUT2D eigenvalue weighted by Crippen LogP contribution is -1.97. The molecule has 0 unspecified atom stereocenters. The van der Waals surface area contributed by atoms with Crippen molar-refractivity contribution in [1.29, 1.82) is 0 Å². The highest BCUT2D eigenvalue weighted by Gasteiger charge is 2.09. The number of imidazole rings is 2. The Labute approximate surface area is 232 Å². The van der Waals surface area contributed by atoms with E-state index in [0.29, 0.717) is 0 Å². The van der Waals surface area contributed by atoms with Crippen LogP contribution in [0.3, 0.4) is 0 Å². The van der Waals surface area contributed by atoms with Gasteiger partial charge in [-0.05, 0) is 48.5 Å². The first-order chi connectivity index (χ1) is 19.9. The predicted molar refractivity (Wildman–Crippen MR) is 148 cm³/mol. The fraction of sp³-hybridized carbons (Fsp3) is 0. The summed E-state index contributed by atoms with van der Waals surface area (Å²) in [6.07, 6.45) is 13.9. The molecule has 0 aliphatic carbocycles. The van der Waals surface area contributed by atoms with Gasteiger partial charge in [-0.1, -0.05) is 0 Å². The minimum Gasteiger partial charge on any atom is -0.345 e. The van der Waals surface area contributed by atoms with E-state index in [-0.39, 0.29) is 11.4 Å². The van der Waals surface area contributed by atoms with Crippen LogP contribution >= 0.6 is 0 Å². The maximum absolute atomic E-state index is 12.1. The second kappa shape index (κ2) is 13.6. The van der Waals surface area contributed by atoms with Gasteiger partial charge in [-0.3, -0.25) is 34.8 Å². The Morgan fingerprint density at radius 1 is 0.659 bits per heavy atom. The second-order valence-electron chi connectivity index (χ2n) is 8.04. The van der Waals surface area contributed by atoms with E-state index >= 15 is 0 Å². The van der Waals surface area contributed by atoms with Crippen LogP contribution in [-0.4, -0.2) is 39.3 Å². The minimum absolute atomic E-state index is 0.0688. The number of pyridine rings is 2. The number of aromatic amines is 1. The number of halogens is 1. The minimum atomic E-state index is -0.570. The van der Waals surface area contributed by atoms with E-state index in [0.717, 1.165) is 52.7 Å². The molecule has 13 heteroatoms. The highest BCUT2D eigenvalue weighted by atomic mass is 19.1. The number of nitrogens with one attached hydrogen (secondary N) is 1. The summed E-state index contributed by atoms with van der Waals surface area (Å²) < 4.78 is 14.0. The third-order valence-corrected chi connectivity index (χ3v) is 5.41. The van der Waals surface area contributed by atoms with Crippen LogP contribution in [0.25, 0.3) is 28.5 Å². The van der Waals surface area contributed by atoms with Crippen LogP contribution in [0.2, 0.25) is 0 Å². The first-order valence-corrected chi connectivity index (χ1v) is 11.9. The van der Waals surface area contributed by atoms with Crippen molar-refractivity contribution in [2.45, 2.75) is 0 Å². The zero-order valence-electron chi connectivity index (χ0n) is 21.2. The zero-order valence-corrected chi connectivity index (χ0v) is 21.2. The molecule has 2 aromatic carbocycles. The van der Waals surface area contributed by atoms with Gasteiger partial charge in [0.05, 0.1) is 9.85 Å². The van der Waals surface area contributed by atoms with Crippen LogP contribution in [-0.2, 0) is 0 Å². The van der Waals surface area contributed by atoms with Gasteiger partial charge in [0.1, 0.15) is 17.5 Å². The number of aromatic nitrogens is 6. The first kappa shape index (κ1) is 27.9. The predicted octanol–water partition coefficient (Wildman–Crippen LogP) is 6.05. The second-order valence-corrected chi connectivity index (χ2v) is 8.04. The molecule has 0 bridgehead atoms. The van der Waals surface area contributed by atoms with E-state index in [1.165, 1.54) is 12.1 Å². The van der Waals surface area contributed by atoms with Gasteiger partial charge in [0.2, 0.25) is 0 Å². The van der Waals surface area contributed by atoms with Crippen molar-refractivity contribution in [3.05, 3.63) is 148 Å². The highest BCUT2D eigenvalue weighted by molar-refractivity contribution is 5.58. The quantitative estimate of drug-likeness (QED) is 0.200. The number of hydrogen-bond donors (Lipinski definition) is 1. The Kier molecular flexibility index (Phi) is 9.27. The van der Waals surface area contributed by atoms with Crippen molar-refractivity contribution >= 4 is 11.4 Å². The molecule has 6 aromatic rings. The lowest BCUT2D eigenvalue weighted by molar-refractivity contribution is -0.385. The lowest BCUT2D eigenvalue weighted by Gasteiger charge is -2.07. The van der Waals surface area contributed by atoms with Crippen molar-refractivity contribution in [1.82, 2.24) is 29.5 Å². The van der Waals surface area contributed by atoms with E-state index in [1.54, 1.807) is 55.5 Å². The molecule has 12 nitrogen and oxygen atoms in total. The fourth-order valence-electron chi connectivity index (χ4n) is 3.46. The summed E-state index contributed by atoms with van der Waals surface area (Å²) in [5.41, 5.74) is 2.79. The number of nitro benzene ring substituents is 2. The van der Waals surface area contributed by atoms with Gasteiger partial charge in [0, 0.05) is 90.7 Å². The largest absolute Gasteiger partial charge is 0.345 e.